The van der Waals surface area contributed by atoms with Gasteiger partial charge in [0.25, 0.3) is 0 Å². The molecule has 1 aromatic rings. The SMILES string of the molecule is CN=C(NCC1CCS(=O)(=O)C1)N(C)Cc1ccc(C)cc1. The second-order valence-corrected chi connectivity index (χ2v) is 8.27. The summed E-state index contributed by atoms with van der Waals surface area (Å²) in [6.07, 6.45) is 0.744. The number of hydrogen-bond acceptors (Lipinski definition) is 3. The van der Waals surface area contributed by atoms with Gasteiger partial charge < -0.3 is 10.2 Å². The molecule has 1 N–H and O–H groups in total. The first kappa shape index (κ1) is 16.8. The van der Waals surface area contributed by atoms with Crippen molar-refractivity contribution in [1.29, 1.82) is 0 Å². The molecule has 1 aliphatic rings. The Balaban J connectivity index is 1.87. The van der Waals surface area contributed by atoms with E-state index in [-0.39, 0.29) is 5.92 Å². The third-order valence-corrected chi connectivity index (χ3v) is 5.83. The van der Waals surface area contributed by atoms with Gasteiger partial charge in [-0.2, -0.15) is 0 Å². The Morgan fingerprint density at radius 3 is 2.59 bits per heavy atom. The number of rotatable bonds is 4. The van der Waals surface area contributed by atoms with Gasteiger partial charge in [-0.05, 0) is 24.8 Å². The van der Waals surface area contributed by atoms with Crippen LogP contribution in [0.15, 0.2) is 29.3 Å². The Morgan fingerprint density at radius 2 is 2.05 bits per heavy atom. The number of nitrogens with zero attached hydrogens (tertiary/aromatic N) is 2. The molecule has 0 amide bonds. The van der Waals surface area contributed by atoms with Crippen LogP contribution < -0.4 is 5.32 Å². The summed E-state index contributed by atoms with van der Waals surface area (Å²) in [5, 5.41) is 3.29. The third kappa shape index (κ3) is 4.73. The fourth-order valence-electron chi connectivity index (χ4n) is 2.70. The molecule has 1 atom stereocenters. The van der Waals surface area contributed by atoms with E-state index < -0.39 is 9.84 Å². The van der Waals surface area contributed by atoms with Crippen LogP contribution >= 0.6 is 0 Å². The molecule has 1 aliphatic heterocycles. The summed E-state index contributed by atoms with van der Waals surface area (Å²) in [6, 6.07) is 8.43. The number of guanidine groups is 1. The highest BCUT2D eigenvalue weighted by Crippen LogP contribution is 2.17. The van der Waals surface area contributed by atoms with Crippen molar-refractivity contribution in [3.8, 4) is 0 Å². The molecule has 22 heavy (non-hydrogen) atoms. The molecule has 1 unspecified atom stereocenters. The Labute approximate surface area is 133 Å². The van der Waals surface area contributed by atoms with Gasteiger partial charge >= 0.3 is 0 Å². The predicted octanol–water partition coefficient (Wildman–Crippen LogP) is 1.44. The molecule has 1 fully saturated rings. The maximum Gasteiger partial charge on any atom is 0.193 e. The molecule has 0 spiro atoms. The van der Waals surface area contributed by atoms with Gasteiger partial charge in [0.2, 0.25) is 0 Å². The summed E-state index contributed by atoms with van der Waals surface area (Å²) in [5.41, 5.74) is 2.47. The second-order valence-electron chi connectivity index (χ2n) is 6.04. The quantitative estimate of drug-likeness (QED) is 0.673. The minimum absolute atomic E-state index is 0.189. The van der Waals surface area contributed by atoms with Crippen LogP contribution in [0.3, 0.4) is 0 Å². The lowest BCUT2D eigenvalue weighted by Gasteiger charge is -2.23. The normalized spacial score (nSPS) is 20.9. The Bertz CT molecular complexity index is 623. The zero-order valence-corrected chi connectivity index (χ0v) is 14.4. The van der Waals surface area contributed by atoms with Crippen molar-refractivity contribution in [2.24, 2.45) is 10.9 Å². The molecule has 0 bridgehead atoms. The number of aliphatic imine (C=N–C) groups is 1. The number of aryl methyl sites for hydroxylation is 1. The van der Waals surface area contributed by atoms with Gasteiger partial charge in [-0.15, -0.1) is 0 Å². The summed E-state index contributed by atoms with van der Waals surface area (Å²) in [4.78, 5) is 6.33. The van der Waals surface area contributed by atoms with Gasteiger partial charge in [0.05, 0.1) is 11.5 Å². The van der Waals surface area contributed by atoms with E-state index in [1.54, 1.807) is 7.05 Å². The number of benzene rings is 1. The predicted molar refractivity (Wildman–Crippen MR) is 90.8 cm³/mol. The van der Waals surface area contributed by atoms with E-state index in [4.69, 9.17) is 0 Å². The monoisotopic (exact) mass is 323 g/mol. The van der Waals surface area contributed by atoms with E-state index in [0.29, 0.717) is 18.1 Å². The zero-order chi connectivity index (χ0) is 16.2. The highest BCUT2D eigenvalue weighted by atomic mass is 32.2. The minimum Gasteiger partial charge on any atom is -0.356 e. The van der Waals surface area contributed by atoms with E-state index in [1.165, 1.54) is 11.1 Å². The largest absolute Gasteiger partial charge is 0.356 e. The lowest BCUT2D eigenvalue weighted by molar-refractivity contribution is 0.463. The van der Waals surface area contributed by atoms with Crippen molar-refractivity contribution in [2.45, 2.75) is 19.9 Å². The van der Waals surface area contributed by atoms with Crippen molar-refractivity contribution in [3.05, 3.63) is 35.4 Å². The van der Waals surface area contributed by atoms with Gasteiger partial charge in [0, 0.05) is 27.2 Å². The molecular formula is C16H25N3O2S. The van der Waals surface area contributed by atoms with Gasteiger partial charge in [0.1, 0.15) is 0 Å². The van der Waals surface area contributed by atoms with Crippen LogP contribution in [-0.4, -0.2) is 51.4 Å². The summed E-state index contributed by atoms with van der Waals surface area (Å²) < 4.78 is 23.0. The molecule has 1 saturated heterocycles. The van der Waals surface area contributed by atoms with Crippen LogP contribution in [0.25, 0.3) is 0 Å². The Hall–Kier alpha value is -1.56. The highest BCUT2D eigenvalue weighted by Gasteiger charge is 2.27. The highest BCUT2D eigenvalue weighted by molar-refractivity contribution is 7.91. The van der Waals surface area contributed by atoms with Gasteiger partial charge in [0.15, 0.2) is 15.8 Å². The first-order chi connectivity index (χ1) is 10.4. The molecule has 1 aromatic carbocycles. The molecule has 6 heteroatoms. The van der Waals surface area contributed by atoms with Crippen molar-refractivity contribution in [2.75, 3.05) is 32.1 Å². The van der Waals surface area contributed by atoms with Crippen LogP contribution in [-0.2, 0) is 16.4 Å². The second kappa shape index (κ2) is 7.13. The average Bonchev–Trinajstić information content (AvgIpc) is 2.81. The van der Waals surface area contributed by atoms with Crippen molar-refractivity contribution >= 4 is 15.8 Å². The molecule has 0 aliphatic carbocycles. The number of hydrogen-bond donors (Lipinski definition) is 1. The molecule has 1 heterocycles. The topological polar surface area (TPSA) is 61.8 Å². The lowest BCUT2D eigenvalue weighted by atomic mass is 10.1. The van der Waals surface area contributed by atoms with Crippen molar-refractivity contribution < 1.29 is 8.42 Å². The molecule has 5 nitrogen and oxygen atoms in total. The van der Waals surface area contributed by atoms with Crippen molar-refractivity contribution in [3.63, 3.8) is 0 Å². The van der Waals surface area contributed by atoms with E-state index in [2.05, 4.69) is 41.5 Å². The van der Waals surface area contributed by atoms with Crippen LogP contribution in [0.5, 0.6) is 0 Å². The van der Waals surface area contributed by atoms with Crippen LogP contribution in [0.1, 0.15) is 17.5 Å². The minimum atomic E-state index is -2.82. The molecule has 2 rings (SSSR count). The van der Waals surface area contributed by atoms with Crippen molar-refractivity contribution in [1.82, 2.24) is 10.2 Å². The third-order valence-electron chi connectivity index (χ3n) is 3.99. The van der Waals surface area contributed by atoms with E-state index in [1.807, 2.05) is 11.9 Å². The van der Waals surface area contributed by atoms with Crippen LogP contribution in [0.2, 0.25) is 0 Å². The molecule has 122 valence electrons. The fourth-order valence-corrected chi connectivity index (χ4v) is 4.56. The molecule has 0 radical (unpaired) electrons. The molecule has 0 aromatic heterocycles. The summed E-state index contributed by atoms with van der Waals surface area (Å²) >= 11 is 0. The zero-order valence-electron chi connectivity index (χ0n) is 13.5. The van der Waals surface area contributed by atoms with E-state index >= 15 is 0 Å². The maximum atomic E-state index is 11.5. The van der Waals surface area contributed by atoms with E-state index in [9.17, 15) is 8.42 Å². The lowest BCUT2D eigenvalue weighted by Crippen LogP contribution is -2.40. The first-order valence-electron chi connectivity index (χ1n) is 7.57. The van der Waals surface area contributed by atoms with E-state index in [0.717, 1.165) is 18.9 Å². The van der Waals surface area contributed by atoms with Gasteiger partial charge in [-0.1, -0.05) is 29.8 Å². The Morgan fingerprint density at radius 1 is 1.36 bits per heavy atom. The molecular weight excluding hydrogens is 298 g/mol. The molecule has 0 saturated carbocycles. The fraction of sp³-hybridized carbons (Fsp3) is 0.562. The van der Waals surface area contributed by atoms with Crippen LogP contribution in [0.4, 0.5) is 0 Å². The smallest absolute Gasteiger partial charge is 0.193 e. The van der Waals surface area contributed by atoms with Gasteiger partial charge in [-0.25, -0.2) is 8.42 Å². The van der Waals surface area contributed by atoms with Crippen LogP contribution in [0, 0.1) is 12.8 Å². The Kier molecular flexibility index (Phi) is 5.45. The number of nitrogens with one attached hydrogen (secondary N) is 1. The summed E-state index contributed by atoms with van der Waals surface area (Å²) in [7, 11) is 0.920. The maximum absolute atomic E-state index is 11.5. The summed E-state index contributed by atoms with van der Waals surface area (Å²) in [6.45, 7) is 3.50. The van der Waals surface area contributed by atoms with Gasteiger partial charge in [-0.3, -0.25) is 4.99 Å². The summed E-state index contributed by atoms with van der Waals surface area (Å²) in [5.74, 6) is 1.59. The number of sulfone groups is 1. The first-order valence-corrected chi connectivity index (χ1v) is 9.39. The standard InChI is InChI=1S/C16H25N3O2S/c1-13-4-6-14(7-5-13)11-19(3)16(17-2)18-10-15-8-9-22(20,21)12-15/h4-7,15H,8-12H2,1-3H3,(H,17,18). The average molecular weight is 323 g/mol.